The average Bonchev–Trinajstić information content (AvgIpc) is 2.77. The molecule has 1 fully saturated rings. The van der Waals surface area contributed by atoms with E-state index in [1.54, 1.807) is 30.1 Å². The Hall–Kier alpha value is -1.36. The second-order valence-electron chi connectivity index (χ2n) is 5.87. The van der Waals surface area contributed by atoms with Crippen LogP contribution >= 0.6 is 11.3 Å². The molecular formula is C14H20N2O2S. The predicted octanol–water partition coefficient (Wildman–Crippen LogP) is 2.01. The zero-order chi connectivity index (χ0) is 14.2. The Labute approximate surface area is 117 Å². The molecule has 1 saturated heterocycles. The van der Waals surface area contributed by atoms with Gasteiger partial charge in [0.15, 0.2) is 0 Å². The molecule has 0 radical (unpaired) electrons. The molecule has 0 bridgehead atoms. The van der Waals surface area contributed by atoms with E-state index in [1.807, 2.05) is 30.7 Å². The molecule has 2 rings (SSSR count). The van der Waals surface area contributed by atoms with Gasteiger partial charge < -0.3 is 10.2 Å². The molecule has 104 valence electrons. The highest BCUT2D eigenvalue weighted by Gasteiger charge is 2.46. The number of hydrogen-bond donors (Lipinski definition) is 1. The highest BCUT2D eigenvalue weighted by Crippen LogP contribution is 2.25. The van der Waals surface area contributed by atoms with E-state index in [1.165, 1.54) is 0 Å². The van der Waals surface area contributed by atoms with Crippen molar-refractivity contribution in [3.8, 4) is 0 Å². The Kier molecular flexibility index (Phi) is 3.67. The van der Waals surface area contributed by atoms with Gasteiger partial charge in [0.1, 0.15) is 11.6 Å². The van der Waals surface area contributed by atoms with Crippen molar-refractivity contribution in [2.45, 2.75) is 45.8 Å². The number of nitrogens with zero attached hydrogens (tertiary/aromatic N) is 1. The summed E-state index contributed by atoms with van der Waals surface area (Å²) in [7, 11) is 0. The topological polar surface area (TPSA) is 49.4 Å². The summed E-state index contributed by atoms with van der Waals surface area (Å²) < 4.78 is 0. The van der Waals surface area contributed by atoms with Crippen LogP contribution in [0.1, 0.15) is 33.3 Å². The number of carbonyl (C=O) groups excluding carboxylic acids is 2. The summed E-state index contributed by atoms with van der Waals surface area (Å²) in [5, 5.41) is 6.82. The monoisotopic (exact) mass is 280 g/mol. The van der Waals surface area contributed by atoms with Gasteiger partial charge in [-0.2, -0.15) is 11.3 Å². The first-order valence-electron chi connectivity index (χ1n) is 6.47. The Balaban J connectivity index is 2.32. The summed E-state index contributed by atoms with van der Waals surface area (Å²) in [5.74, 6) is 0.0190. The lowest BCUT2D eigenvalue weighted by Gasteiger charge is -2.44. The van der Waals surface area contributed by atoms with Crippen molar-refractivity contribution >= 4 is 23.2 Å². The van der Waals surface area contributed by atoms with Gasteiger partial charge in [-0.3, -0.25) is 9.59 Å². The molecule has 2 amide bonds. The second kappa shape index (κ2) is 4.96. The first-order valence-corrected chi connectivity index (χ1v) is 7.41. The van der Waals surface area contributed by atoms with Crippen molar-refractivity contribution in [3.05, 3.63) is 22.4 Å². The van der Waals surface area contributed by atoms with Gasteiger partial charge in [-0.15, -0.1) is 0 Å². The summed E-state index contributed by atoms with van der Waals surface area (Å²) >= 11 is 1.60. The molecule has 5 heteroatoms. The van der Waals surface area contributed by atoms with E-state index in [2.05, 4.69) is 5.32 Å². The molecule has 1 N–H and O–H groups in total. The maximum Gasteiger partial charge on any atom is 0.248 e. The summed E-state index contributed by atoms with van der Waals surface area (Å²) in [6.45, 7) is 7.95. The minimum absolute atomic E-state index is 0.0167. The third kappa shape index (κ3) is 2.66. The molecule has 1 unspecified atom stereocenters. The van der Waals surface area contributed by atoms with Gasteiger partial charge in [0.2, 0.25) is 11.8 Å². The van der Waals surface area contributed by atoms with E-state index in [0.29, 0.717) is 6.54 Å². The smallest absolute Gasteiger partial charge is 0.248 e. The largest absolute Gasteiger partial charge is 0.340 e. The van der Waals surface area contributed by atoms with E-state index in [4.69, 9.17) is 0 Å². The van der Waals surface area contributed by atoms with Crippen molar-refractivity contribution in [1.82, 2.24) is 10.2 Å². The van der Waals surface area contributed by atoms with E-state index in [9.17, 15) is 9.59 Å². The molecule has 0 spiro atoms. The van der Waals surface area contributed by atoms with E-state index in [-0.39, 0.29) is 23.8 Å². The van der Waals surface area contributed by atoms with Gasteiger partial charge in [0, 0.05) is 6.54 Å². The minimum atomic E-state index is -0.821. The molecule has 1 aliphatic rings. The van der Waals surface area contributed by atoms with Crippen molar-refractivity contribution in [2.24, 2.45) is 5.92 Å². The SMILES string of the molecule is CC(C)C1C(=O)NC(C)(C)C(=O)N1Cc1ccsc1. The van der Waals surface area contributed by atoms with Crippen LogP contribution in [0.25, 0.3) is 0 Å². The number of piperazine rings is 1. The highest BCUT2D eigenvalue weighted by molar-refractivity contribution is 7.07. The standard InChI is InChI=1S/C14H20N2O2S/c1-9(2)11-12(17)15-14(3,4)13(18)16(11)7-10-5-6-19-8-10/h5-6,8-9,11H,7H2,1-4H3,(H,15,17). The Morgan fingerprint density at radius 2 is 2.11 bits per heavy atom. The Morgan fingerprint density at radius 3 is 2.63 bits per heavy atom. The third-order valence-electron chi connectivity index (χ3n) is 3.40. The molecule has 0 aromatic carbocycles. The van der Waals surface area contributed by atoms with Gasteiger partial charge in [-0.05, 0) is 42.2 Å². The predicted molar refractivity (Wildman–Crippen MR) is 75.7 cm³/mol. The zero-order valence-electron chi connectivity index (χ0n) is 11.8. The van der Waals surface area contributed by atoms with Crippen LogP contribution in [0, 0.1) is 5.92 Å². The quantitative estimate of drug-likeness (QED) is 0.920. The third-order valence-corrected chi connectivity index (χ3v) is 4.13. The minimum Gasteiger partial charge on any atom is -0.340 e. The molecule has 1 aromatic heterocycles. The van der Waals surface area contributed by atoms with Gasteiger partial charge in [-0.25, -0.2) is 0 Å². The van der Waals surface area contributed by atoms with Crippen LogP contribution in [-0.2, 0) is 16.1 Å². The number of hydrogen-bond acceptors (Lipinski definition) is 3. The molecule has 19 heavy (non-hydrogen) atoms. The maximum absolute atomic E-state index is 12.5. The van der Waals surface area contributed by atoms with Crippen LogP contribution in [0.15, 0.2) is 16.8 Å². The lowest BCUT2D eigenvalue weighted by molar-refractivity contribution is -0.156. The van der Waals surface area contributed by atoms with E-state index < -0.39 is 5.54 Å². The Morgan fingerprint density at radius 1 is 1.42 bits per heavy atom. The van der Waals surface area contributed by atoms with Crippen LogP contribution in [0.2, 0.25) is 0 Å². The number of thiophene rings is 1. The number of carbonyl (C=O) groups is 2. The van der Waals surface area contributed by atoms with Crippen LogP contribution < -0.4 is 5.32 Å². The normalized spacial score (nSPS) is 22.8. The van der Waals surface area contributed by atoms with Crippen LogP contribution in [-0.4, -0.2) is 28.3 Å². The van der Waals surface area contributed by atoms with Crippen molar-refractivity contribution in [1.29, 1.82) is 0 Å². The highest BCUT2D eigenvalue weighted by atomic mass is 32.1. The van der Waals surface area contributed by atoms with Crippen molar-refractivity contribution < 1.29 is 9.59 Å². The lowest BCUT2D eigenvalue weighted by atomic mass is 9.91. The summed E-state index contributed by atoms with van der Waals surface area (Å²) in [5.41, 5.74) is 0.257. The Bertz CT molecular complexity index is 480. The van der Waals surface area contributed by atoms with Crippen molar-refractivity contribution in [3.63, 3.8) is 0 Å². The van der Waals surface area contributed by atoms with Gasteiger partial charge in [-0.1, -0.05) is 13.8 Å². The fourth-order valence-electron chi connectivity index (χ4n) is 2.47. The summed E-state index contributed by atoms with van der Waals surface area (Å²) in [4.78, 5) is 26.5. The molecule has 2 heterocycles. The fraction of sp³-hybridized carbons (Fsp3) is 0.571. The molecule has 0 saturated carbocycles. The summed E-state index contributed by atoms with van der Waals surface area (Å²) in [6, 6.07) is 1.61. The molecule has 4 nitrogen and oxygen atoms in total. The first kappa shape index (κ1) is 14.1. The number of nitrogens with one attached hydrogen (secondary N) is 1. The zero-order valence-corrected chi connectivity index (χ0v) is 12.6. The first-order chi connectivity index (χ1) is 8.83. The van der Waals surface area contributed by atoms with E-state index >= 15 is 0 Å². The molecule has 1 aliphatic heterocycles. The van der Waals surface area contributed by atoms with Crippen LogP contribution in [0.4, 0.5) is 0 Å². The maximum atomic E-state index is 12.5. The molecule has 1 atom stereocenters. The van der Waals surface area contributed by atoms with Crippen molar-refractivity contribution in [2.75, 3.05) is 0 Å². The molecule has 0 aliphatic carbocycles. The number of rotatable bonds is 3. The van der Waals surface area contributed by atoms with Gasteiger partial charge >= 0.3 is 0 Å². The van der Waals surface area contributed by atoms with Crippen LogP contribution in [0.5, 0.6) is 0 Å². The average molecular weight is 280 g/mol. The second-order valence-corrected chi connectivity index (χ2v) is 6.65. The van der Waals surface area contributed by atoms with Gasteiger partial charge in [0.25, 0.3) is 0 Å². The molecule has 1 aromatic rings. The van der Waals surface area contributed by atoms with Gasteiger partial charge in [0.05, 0.1) is 0 Å². The lowest BCUT2D eigenvalue weighted by Crippen LogP contribution is -2.68. The number of amides is 2. The van der Waals surface area contributed by atoms with Crippen LogP contribution in [0.3, 0.4) is 0 Å². The molecular weight excluding hydrogens is 260 g/mol. The summed E-state index contributed by atoms with van der Waals surface area (Å²) in [6.07, 6.45) is 0. The fourth-order valence-corrected chi connectivity index (χ4v) is 3.13. The van der Waals surface area contributed by atoms with E-state index in [0.717, 1.165) is 5.56 Å².